The fraction of sp³-hybridized carbons (Fsp3) is 0.0909. The Morgan fingerprint density at radius 1 is 0.875 bits per heavy atom. The third-order valence-corrected chi connectivity index (χ3v) is 6.26. The normalized spacial score (nSPS) is 11.0. The van der Waals surface area contributed by atoms with E-state index in [9.17, 15) is 18.0 Å². The van der Waals surface area contributed by atoms with Crippen molar-refractivity contribution in [2.24, 2.45) is 0 Å². The Kier molecular flexibility index (Phi) is 7.40. The Morgan fingerprint density at radius 2 is 1.47 bits per heavy atom. The van der Waals surface area contributed by atoms with Crippen molar-refractivity contribution in [2.45, 2.75) is 11.8 Å². The summed E-state index contributed by atoms with van der Waals surface area (Å²) < 4.78 is 32.3. The van der Waals surface area contributed by atoms with Gasteiger partial charge in [-0.05, 0) is 55.5 Å². The van der Waals surface area contributed by atoms with Crippen molar-refractivity contribution >= 4 is 56.5 Å². The van der Waals surface area contributed by atoms with Crippen LogP contribution in [0, 0.1) is 0 Å². The zero-order valence-electron chi connectivity index (χ0n) is 16.8. The quantitative estimate of drug-likeness (QED) is 0.440. The van der Waals surface area contributed by atoms with Crippen LogP contribution in [0.1, 0.15) is 27.6 Å². The number of carbonyl (C=O) groups is 2. The molecule has 3 aromatic rings. The summed E-state index contributed by atoms with van der Waals surface area (Å²) >= 11 is 12.4. The summed E-state index contributed by atoms with van der Waals surface area (Å²) in [7, 11) is -3.83. The maximum Gasteiger partial charge on any atom is 0.338 e. The zero-order chi connectivity index (χ0) is 23.3. The third kappa shape index (κ3) is 5.59. The van der Waals surface area contributed by atoms with Gasteiger partial charge in [-0.3, -0.25) is 9.52 Å². The number of amides is 1. The number of halogens is 2. The Morgan fingerprint density at radius 3 is 2.09 bits per heavy atom. The van der Waals surface area contributed by atoms with Crippen LogP contribution in [-0.2, 0) is 14.8 Å². The number of hydrogen-bond acceptors (Lipinski definition) is 5. The summed E-state index contributed by atoms with van der Waals surface area (Å²) in [5.41, 5.74) is 0.856. The second-order valence-corrected chi connectivity index (χ2v) is 8.98. The summed E-state index contributed by atoms with van der Waals surface area (Å²) in [6, 6.07) is 16.3. The summed E-state index contributed by atoms with van der Waals surface area (Å²) in [4.78, 5) is 24.5. The van der Waals surface area contributed by atoms with E-state index >= 15 is 0 Å². The molecule has 0 fully saturated rings. The van der Waals surface area contributed by atoms with Gasteiger partial charge in [-0.2, -0.15) is 0 Å². The fourth-order valence-corrected chi connectivity index (χ4v) is 4.31. The summed E-state index contributed by atoms with van der Waals surface area (Å²) in [5.74, 6) is -1.04. The molecule has 3 aromatic carbocycles. The topological polar surface area (TPSA) is 102 Å². The van der Waals surface area contributed by atoms with E-state index < -0.39 is 21.9 Å². The first-order valence-corrected chi connectivity index (χ1v) is 11.6. The Labute approximate surface area is 195 Å². The number of anilines is 2. The first-order valence-electron chi connectivity index (χ1n) is 9.36. The minimum absolute atomic E-state index is 0.0425. The minimum atomic E-state index is -3.83. The van der Waals surface area contributed by atoms with Crippen LogP contribution in [-0.4, -0.2) is 26.9 Å². The van der Waals surface area contributed by atoms with Gasteiger partial charge in [-0.1, -0.05) is 41.4 Å². The van der Waals surface area contributed by atoms with Gasteiger partial charge < -0.3 is 10.1 Å². The largest absolute Gasteiger partial charge is 0.462 e. The predicted molar refractivity (Wildman–Crippen MR) is 124 cm³/mol. The van der Waals surface area contributed by atoms with Gasteiger partial charge in [0.1, 0.15) is 0 Å². The Bertz CT molecular complexity index is 1260. The second-order valence-electron chi connectivity index (χ2n) is 6.48. The lowest BCUT2D eigenvalue weighted by Crippen LogP contribution is -2.15. The van der Waals surface area contributed by atoms with Crippen LogP contribution in [0.3, 0.4) is 0 Å². The van der Waals surface area contributed by atoms with Crippen LogP contribution in [0.2, 0.25) is 10.0 Å². The molecule has 0 unspecified atom stereocenters. The maximum atomic E-state index is 12.6. The maximum absolute atomic E-state index is 12.6. The molecule has 2 N–H and O–H groups in total. The number of ether oxygens (including phenoxy) is 1. The Balaban J connectivity index is 1.75. The van der Waals surface area contributed by atoms with E-state index in [-0.39, 0.29) is 44.0 Å². The predicted octanol–water partition coefficient (Wildman–Crippen LogP) is 5.22. The number of hydrogen-bond donors (Lipinski definition) is 2. The third-order valence-electron chi connectivity index (χ3n) is 4.26. The number of esters is 1. The minimum Gasteiger partial charge on any atom is -0.462 e. The van der Waals surface area contributed by atoms with Crippen molar-refractivity contribution in [3.8, 4) is 0 Å². The van der Waals surface area contributed by atoms with Crippen LogP contribution in [0.4, 0.5) is 11.4 Å². The second kappa shape index (κ2) is 10.0. The first-order chi connectivity index (χ1) is 15.2. The van der Waals surface area contributed by atoms with Crippen molar-refractivity contribution in [3.05, 3.63) is 87.9 Å². The number of benzene rings is 3. The highest BCUT2D eigenvalue weighted by Crippen LogP contribution is 2.28. The molecule has 0 aliphatic carbocycles. The summed E-state index contributed by atoms with van der Waals surface area (Å²) in [6.45, 7) is 1.92. The van der Waals surface area contributed by atoms with E-state index in [0.717, 1.165) is 0 Å². The molecular weight excluding hydrogens is 475 g/mol. The van der Waals surface area contributed by atoms with Crippen LogP contribution < -0.4 is 10.0 Å². The molecule has 0 saturated heterocycles. The van der Waals surface area contributed by atoms with Crippen LogP contribution >= 0.6 is 23.2 Å². The van der Waals surface area contributed by atoms with E-state index in [0.29, 0.717) is 0 Å². The van der Waals surface area contributed by atoms with E-state index in [1.54, 1.807) is 25.1 Å². The lowest BCUT2D eigenvalue weighted by Gasteiger charge is -2.12. The van der Waals surface area contributed by atoms with Gasteiger partial charge in [-0.15, -0.1) is 0 Å². The molecule has 0 bridgehead atoms. The number of nitrogens with one attached hydrogen (secondary N) is 2. The fourth-order valence-electron chi connectivity index (χ4n) is 2.69. The molecule has 0 heterocycles. The van der Waals surface area contributed by atoms with Gasteiger partial charge in [0.2, 0.25) is 0 Å². The highest BCUT2D eigenvalue weighted by Gasteiger charge is 2.17. The average molecular weight is 493 g/mol. The molecule has 32 heavy (non-hydrogen) atoms. The highest BCUT2D eigenvalue weighted by atomic mass is 35.5. The van der Waals surface area contributed by atoms with Crippen molar-refractivity contribution in [1.29, 1.82) is 0 Å². The molecular formula is C22H18Cl2N2O5S. The van der Waals surface area contributed by atoms with Gasteiger partial charge in [0.05, 0.1) is 38.5 Å². The van der Waals surface area contributed by atoms with Gasteiger partial charge in [-0.25, -0.2) is 13.2 Å². The zero-order valence-corrected chi connectivity index (χ0v) is 19.1. The van der Waals surface area contributed by atoms with Crippen molar-refractivity contribution < 1.29 is 22.7 Å². The highest BCUT2D eigenvalue weighted by molar-refractivity contribution is 7.92. The monoisotopic (exact) mass is 492 g/mol. The smallest absolute Gasteiger partial charge is 0.338 e. The van der Waals surface area contributed by atoms with E-state index in [1.807, 2.05) is 0 Å². The standard InChI is InChI=1S/C22H18Cl2N2O5S/c1-2-31-22(28)15-9-10-19(17(23)13-15)25-21(27)14-8-11-20(18(24)12-14)26-32(29,30)16-6-4-3-5-7-16/h3-13,26H,2H2,1H3,(H,25,27). The first kappa shape index (κ1) is 23.6. The molecule has 3 rings (SSSR count). The molecule has 0 aliphatic heterocycles. The van der Waals surface area contributed by atoms with E-state index in [1.165, 1.54) is 48.5 Å². The van der Waals surface area contributed by atoms with Crippen LogP contribution in [0.15, 0.2) is 71.6 Å². The van der Waals surface area contributed by atoms with Crippen molar-refractivity contribution in [1.82, 2.24) is 0 Å². The molecule has 0 aromatic heterocycles. The number of sulfonamides is 1. The van der Waals surface area contributed by atoms with Crippen LogP contribution in [0.25, 0.3) is 0 Å². The van der Waals surface area contributed by atoms with Gasteiger partial charge in [0, 0.05) is 5.56 Å². The summed E-state index contributed by atoms with van der Waals surface area (Å²) in [6.07, 6.45) is 0. The van der Waals surface area contributed by atoms with Crippen molar-refractivity contribution in [3.63, 3.8) is 0 Å². The molecule has 0 aliphatic rings. The number of carbonyl (C=O) groups excluding carboxylic acids is 2. The molecule has 0 spiro atoms. The lowest BCUT2D eigenvalue weighted by molar-refractivity contribution is 0.0526. The molecule has 10 heteroatoms. The van der Waals surface area contributed by atoms with Gasteiger partial charge in [0.15, 0.2) is 0 Å². The van der Waals surface area contributed by atoms with Crippen molar-refractivity contribution in [2.75, 3.05) is 16.6 Å². The molecule has 0 atom stereocenters. The molecule has 1 amide bonds. The Hall–Kier alpha value is -3.07. The van der Waals surface area contributed by atoms with Gasteiger partial charge >= 0.3 is 5.97 Å². The molecule has 0 radical (unpaired) electrons. The summed E-state index contributed by atoms with van der Waals surface area (Å²) in [5, 5.41) is 2.82. The lowest BCUT2D eigenvalue weighted by atomic mass is 10.1. The van der Waals surface area contributed by atoms with E-state index in [2.05, 4.69) is 10.0 Å². The molecule has 166 valence electrons. The van der Waals surface area contributed by atoms with E-state index in [4.69, 9.17) is 27.9 Å². The number of rotatable bonds is 7. The van der Waals surface area contributed by atoms with Crippen LogP contribution in [0.5, 0.6) is 0 Å². The SMILES string of the molecule is CCOC(=O)c1ccc(NC(=O)c2ccc(NS(=O)(=O)c3ccccc3)c(Cl)c2)c(Cl)c1. The molecule has 7 nitrogen and oxygen atoms in total. The average Bonchev–Trinajstić information content (AvgIpc) is 2.77. The molecule has 0 saturated carbocycles. The van der Waals surface area contributed by atoms with Gasteiger partial charge in [0.25, 0.3) is 15.9 Å².